The minimum Gasteiger partial charge on any atom is -0.346 e. The number of pyridine rings is 1. The van der Waals surface area contributed by atoms with Crippen LogP contribution in [0.15, 0.2) is 53.7 Å². The smallest absolute Gasteiger partial charge is 0.251 e. The number of aromatic nitrogens is 1. The van der Waals surface area contributed by atoms with E-state index in [9.17, 15) is 4.79 Å². The summed E-state index contributed by atoms with van der Waals surface area (Å²) >= 11 is 1.71. The fraction of sp³-hybridized carbons (Fsp3) is 0.200. The summed E-state index contributed by atoms with van der Waals surface area (Å²) in [5.74, 6) is -0.0798. The predicted molar refractivity (Wildman–Crippen MR) is 78.3 cm³/mol. The monoisotopic (exact) mass is 272 g/mol. The molecule has 19 heavy (non-hydrogen) atoms. The van der Waals surface area contributed by atoms with Crippen LogP contribution in [0.1, 0.15) is 28.9 Å². The maximum Gasteiger partial charge on any atom is 0.251 e. The lowest BCUT2D eigenvalue weighted by Gasteiger charge is -2.14. The zero-order valence-electron chi connectivity index (χ0n) is 11.0. The summed E-state index contributed by atoms with van der Waals surface area (Å²) in [6.45, 7) is 1.98. The quantitative estimate of drug-likeness (QED) is 0.868. The van der Waals surface area contributed by atoms with E-state index in [0.717, 1.165) is 5.56 Å². The number of amides is 1. The second-order valence-corrected chi connectivity index (χ2v) is 5.08. The van der Waals surface area contributed by atoms with Crippen LogP contribution in [-0.2, 0) is 0 Å². The number of thioether (sulfide) groups is 1. The second kappa shape index (κ2) is 6.38. The molecule has 0 aliphatic carbocycles. The minimum atomic E-state index is -0.0798. The Hall–Kier alpha value is -1.81. The summed E-state index contributed by atoms with van der Waals surface area (Å²) in [6.07, 6.45) is 5.28. The van der Waals surface area contributed by atoms with E-state index in [1.165, 1.54) is 4.90 Å². The van der Waals surface area contributed by atoms with Gasteiger partial charge in [-0.3, -0.25) is 9.78 Å². The molecule has 2 aromatic rings. The average Bonchev–Trinajstić information content (AvgIpc) is 2.48. The number of nitrogens with one attached hydrogen (secondary N) is 1. The van der Waals surface area contributed by atoms with Crippen molar-refractivity contribution >= 4 is 17.7 Å². The van der Waals surface area contributed by atoms with Crippen LogP contribution in [0.4, 0.5) is 0 Å². The van der Waals surface area contributed by atoms with E-state index < -0.39 is 0 Å². The fourth-order valence-electron chi connectivity index (χ4n) is 1.76. The molecular formula is C15H16N2OS. The molecule has 4 heteroatoms. The van der Waals surface area contributed by atoms with Gasteiger partial charge >= 0.3 is 0 Å². The van der Waals surface area contributed by atoms with Crippen molar-refractivity contribution in [1.82, 2.24) is 10.3 Å². The Morgan fingerprint density at radius 3 is 2.37 bits per heavy atom. The van der Waals surface area contributed by atoms with E-state index in [0.29, 0.717) is 5.56 Å². The lowest BCUT2D eigenvalue weighted by Crippen LogP contribution is -2.26. The van der Waals surface area contributed by atoms with Gasteiger partial charge in [0.25, 0.3) is 5.91 Å². The molecule has 1 aromatic heterocycles. The molecule has 2 rings (SSSR count). The van der Waals surface area contributed by atoms with Crippen molar-refractivity contribution in [2.45, 2.75) is 17.9 Å². The molecule has 0 aliphatic rings. The van der Waals surface area contributed by atoms with E-state index in [1.54, 1.807) is 36.3 Å². The lowest BCUT2D eigenvalue weighted by atomic mass is 10.1. The molecule has 0 unspecified atom stereocenters. The molecule has 0 aliphatic heterocycles. The van der Waals surface area contributed by atoms with Crippen LogP contribution in [-0.4, -0.2) is 17.1 Å². The van der Waals surface area contributed by atoms with E-state index in [-0.39, 0.29) is 11.9 Å². The number of nitrogens with zero attached hydrogens (tertiary/aromatic N) is 1. The highest BCUT2D eigenvalue weighted by molar-refractivity contribution is 7.98. The van der Waals surface area contributed by atoms with E-state index in [2.05, 4.69) is 22.4 Å². The normalized spacial score (nSPS) is 11.9. The van der Waals surface area contributed by atoms with Crippen LogP contribution in [0.3, 0.4) is 0 Å². The van der Waals surface area contributed by atoms with Crippen LogP contribution in [0.2, 0.25) is 0 Å². The molecule has 1 N–H and O–H groups in total. The number of hydrogen-bond acceptors (Lipinski definition) is 3. The van der Waals surface area contributed by atoms with Crippen molar-refractivity contribution in [3.8, 4) is 0 Å². The van der Waals surface area contributed by atoms with Crippen molar-refractivity contribution < 1.29 is 4.79 Å². The third-order valence-corrected chi connectivity index (χ3v) is 3.65. The van der Waals surface area contributed by atoms with E-state index >= 15 is 0 Å². The van der Waals surface area contributed by atoms with E-state index in [4.69, 9.17) is 0 Å². The number of rotatable bonds is 4. The highest BCUT2D eigenvalue weighted by atomic mass is 32.2. The van der Waals surface area contributed by atoms with E-state index in [1.807, 2.05) is 25.3 Å². The van der Waals surface area contributed by atoms with Gasteiger partial charge in [-0.1, -0.05) is 12.1 Å². The first kappa shape index (κ1) is 13.6. The number of benzene rings is 1. The Labute approximate surface area is 117 Å². The third kappa shape index (κ3) is 3.58. The van der Waals surface area contributed by atoms with Crippen LogP contribution >= 0.6 is 11.8 Å². The molecule has 0 saturated carbocycles. The van der Waals surface area contributed by atoms with Gasteiger partial charge in [0.2, 0.25) is 0 Å². The molecular weight excluding hydrogens is 256 g/mol. The Bertz CT molecular complexity index is 540. The zero-order chi connectivity index (χ0) is 13.7. The fourth-order valence-corrected chi connectivity index (χ4v) is 2.17. The minimum absolute atomic E-state index is 0.0171. The first-order chi connectivity index (χ1) is 9.20. The lowest BCUT2D eigenvalue weighted by molar-refractivity contribution is 0.0940. The number of carbonyl (C=O) groups excluding carboxylic acids is 1. The maximum atomic E-state index is 12.0. The zero-order valence-corrected chi connectivity index (χ0v) is 11.8. The van der Waals surface area contributed by atoms with Crippen molar-refractivity contribution in [3.05, 3.63) is 59.9 Å². The van der Waals surface area contributed by atoms with Crippen LogP contribution in [0, 0.1) is 0 Å². The van der Waals surface area contributed by atoms with Crippen molar-refractivity contribution in [3.63, 3.8) is 0 Å². The van der Waals surface area contributed by atoms with Gasteiger partial charge < -0.3 is 5.32 Å². The Morgan fingerprint density at radius 1 is 1.16 bits per heavy atom. The molecule has 0 fully saturated rings. The van der Waals surface area contributed by atoms with Gasteiger partial charge in [0.1, 0.15) is 0 Å². The highest BCUT2D eigenvalue weighted by Gasteiger charge is 2.10. The highest BCUT2D eigenvalue weighted by Crippen LogP contribution is 2.19. The first-order valence-corrected chi connectivity index (χ1v) is 7.28. The molecule has 0 radical (unpaired) electrons. The molecule has 1 heterocycles. The molecule has 3 nitrogen and oxygen atoms in total. The van der Waals surface area contributed by atoms with Gasteiger partial charge in [0.05, 0.1) is 6.04 Å². The van der Waals surface area contributed by atoms with Crippen molar-refractivity contribution in [2.24, 2.45) is 0 Å². The van der Waals surface area contributed by atoms with Gasteiger partial charge in [-0.05, 0) is 43.0 Å². The summed E-state index contributed by atoms with van der Waals surface area (Å²) in [6, 6.07) is 11.6. The van der Waals surface area contributed by atoms with Crippen molar-refractivity contribution in [2.75, 3.05) is 6.26 Å². The maximum absolute atomic E-state index is 12.0. The van der Waals surface area contributed by atoms with Crippen molar-refractivity contribution in [1.29, 1.82) is 0 Å². The van der Waals surface area contributed by atoms with Gasteiger partial charge in [-0.15, -0.1) is 11.8 Å². The largest absolute Gasteiger partial charge is 0.346 e. The van der Waals surface area contributed by atoms with Gasteiger partial charge in [-0.25, -0.2) is 0 Å². The molecule has 0 bridgehead atoms. The van der Waals surface area contributed by atoms with Gasteiger partial charge in [-0.2, -0.15) is 0 Å². The number of hydrogen-bond donors (Lipinski definition) is 1. The van der Waals surface area contributed by atoms with Crippen LogP contribution < -0.4 is 5.32 Å². The standard InChI is InChI=1S/C15H16N2OS/c1-11(12-3-5-14(19-2)6-4-12)17-15(18)13-7-9-16-10-8-13/h3-11H,1-2H3,(H,17,18)/t11-/m1/s1. The summed E-state index contributed by atoms with van der Waals surface area (Å²) in [5, 5.41) is 2.98. The summed E-state index contributed by atoms with van der Waals surface area (Å²) in [7, 11) is 0. The Balaban J connectivity index is 2.04. The molecule has 98 valence electrons. The molecule has 0 saturated heterocycles. The Morgan fingerprint density at radius 2 is 1.79 bits per heavy atom. The summed E-state index contributed by atoms with van der Waals surface area (Å²) < 4.78 is 0. The molecule has 0 spiro atoms. The first-order valence-electron chi connectivity index (χ1n) is 6.05. The third-order valence-electron chi connectivity index (χ3n) is 2.91. The molecule has 1 amide bonds. The predicted octanol–water partition coefficient (Wildman–Crippen LogP) is 3.29. The van der Waals surface area contributed by atoms with Crippen LogP contribution in [0.25, 0.3) is 0 Å². The SMILES string of the molecule is CSc1ccc([C@@H](C)NC(=O)c2ccncc2)cc1. The molecule has 1 atom stereocenters. The van der Waals surface area contributed by atoms with Crippen LogP contribution in [0.5, 0.6) is 0 Å². The topological polar surface area (TPSA) is 42.0 Å². The summed E-state index contributed by atoms with van der Waals surface area (Å²) in [4.78, 5) is 17.1. The Kier molecular flexibility index (Phi) is 4.58. The average molecular weight is 272 g/mol. The second-order valence-electron chi connectivity index (χ2n) is 4.20. The molecule has 1 aromatic carbocycles. The number of carbonyl (C=O) groups is 1. The van der Waals surface area contributed by atoms with Gasteiger partial charge in [0.15, 0.2) is 0 Å². The summed E-state index contributed by atoms with van der Waals surface area (Å²) in [5.41, 5.74) is 1.72. The van der Waals surface area contributed by atoms with Gasteiger partial charge in [0, 0.05) is 22.9 Å².